The van der Waals surface area contributed by atoms with Gasteiger partial charge in [-0.3, -0.25) is 10.2 Å². The molecule has 2 N–H and O–H groups in total. The molecule has 0 saturated heterocycles. The molecule has 0 fully saturated rings. The van der Waals surface area contributed by atoms with E-state index in [4.69, 9.17) is 4.74 Å². The first-order chi connectivity index (χ1) is 13.1. The highest BCUT2D eigenvalue weighted by Crippen LogP contribution is 2.34. The number of rotatable bonds is 5. The molecule has 0 bridgehead atoms. The Balaban J connectivity index is 2.12. The molecule has 0 radical (unpaired) electrons. The van der Waals surface area contributed by atoms with E-state index in [1.54, 1.807) is 11.4 Å². The molecule has 0 amide bonds. The number of aromatic nitrogens is 6. The summed E-state index contributed by atoms with van der Waals surface area (Å²) in [6.45, 7) is 15.5. The highest BCUT2D eigenvalue weighted by molar-refractivity contribution is 5.95. The zero-order valence-corrected chi connectivity index (χ0v) is 16.9. The average Bonchev–Trinajstić information content (AvgIpc) is 3.27. The van der Waals surface area contributed by atoms with Gasteiger partial charge in [-0.1, -0.05) is 27.4 Å². The Hall–Kier alpha value is -3.30. The predicted octanol–water partition coefficient (Wildman–Crippen LogP) is 4.01. The van der Waals surface area contributed by atoms with E-state index >= 15 is 0 Å². The number of azo groups is 1. The van der Waals surface area contributed by atoms with Crippen molar-refractivity contribution in [1.29, 1.82) is 0 Å². The Morgan fingerprint density at radius 1 is 1.25 bits per heavy atom. The van der Waals surface area contributed by atoms with Crippen LogP contribution in [0.5, 0.6) is 0 Å². The molecule has 3 rings (SSSR count). The summed E-state index contributed by atoms with van der Waals surface area (Å²) in [5.74, 6) is 0.419. The second-order valence-corrected chi connectivity index (χ2v) is 7.48. The minimum absolute atomic E-state index is 0.228. The molecule has 0 spiro atoms. The summed E-state index contributed by atoms with van der Waals surface area (Å²) in [6.07, 6.45) is 0. The molecule has 3 aromatic rings. The van der Waals surface area contributed by atoms with Crippen molar-refractivity contribution in [2.24, 2.45) is 10.2 Å². The number of hydrogen-bond acceptors (Lipinski definition) is 7. The van der Waals surface area contributed by atoms with Crippen LogP contribution in [0.1, 0.15) is 62.2 Å². The van der Waals surface area contributed by atoms with Gasteiger partial charge in [0.25, 0.3) is 0 Å². The van der Waals surface area contributed by atoms with E-state index in [9.17, 15) is 4.79 Å². The van der Waals surface area contributed by atoms with Crippen LogP contribution in [-0.4, -0.2) is 42.6 Å². The summed E-state index contributed by atoms with van der Waals surface area (Å²) in [5, 5.41) is 27.1. The Labute approximate surface area is 162 Å². The lowest BCUT2D eigenvalue weighted by molar-refractivity contribution is 0.0524. The van der Waals surface area contributed by atoms with Crippen LogP contribution in [-0.2, 0) is 10.2 Å². The van der Waals surface area contributed by atoms with E-state index in [0.29, 0.717) is 28.5 Å². The van der Waals surface area contributed by atoms with E-state index in [1.165, 1.54) is 0 Å². The predicted molar refractivity (Wildman–Crippen MR) is 104 cm³/mol. The molecule has 0 aliphatic rings. The number of nitrogens with zero attached hydrogens (tertiary/aromatic N) is 6. The zero-order valence-electron chi connectivity index (χ0n) is 16.9. The lowest BCUT2D eigenvalue weighted by atomic mass is 9.89. The largest absolute Gasteiger partial charge is 0.462 e. The highest BCUT2D eigenvalue weighted by atomic mass is 16.5. The van der Waals surface area contributed by atoms with Gasteiger partial charge in [-0.25, -0.2) is 4.79 Å². The lowest BCUT2D eigenvalue weighted by Gasteiger charge is -2.16. The van der Waals surface area contributed by atoms with Crippen LogP contribution < -0.4 is 0 Å². The first-order valence-corrected chi connectivity index (χ1v) is 8.92. The molecule has 0 aromatic carbocycles. The van der Waals surface area contributed by atoms with Crippen molar-refractivity contribution >= 4 is 28.7 Å². The van der Waals surface area contributed by atoms with Crippen molar-refractivity contribution in [3.05, 3.63) is 29.4 Å². The third-order valence-corrected chi connectivity index (χ3v) is 4.08. The number of nitrogens with one attached hydrogen (secondary N) is 2. The Morgan fingerprint density at radius 2 is 1.96 bits per heavy atom. The van der Waals surface area contributed by atoms with Crippen molar-refractivity contribution in [2.45, 2.75) is 47.0 Å². The molecular formula is C18H24N8O2. The summed E-state index contributed by atoms with van der Waals surface area (Å²) in [4.78, 5) is 12.5. The number of fused-ring (bicyclic) bond motifs is 1. The minimum Gasteiger partial charge on any atom is -0.462 e. The van der Waals surface area contributed by atoms with Gasteiger partial charge in [0.05, 0.1) is 12.3 Å². The molecule has 3 heterocycles. The Kier molecular flexibility index (Phi) is 4.88. The molecule has 0 saturated carbocycles. The number of aromatic amines is 2. The lowest BCUT2D eigenvalue weighted by Crippen LogP contribution is -2.17. The smallest absolute Gasteiger partial charge is 0.344 e. The van der Waals surface area contributed by atoms with Gasteiger partial charge in [0, 0.05) is 5.41 Å². The summed E-state index contributed by atoms with van der Waals surface area (Å²) in [7, 11) is 0. The monoisotopic (exact) mass is 384 g/mol. The second-order valence-electron chi connectivity index (χ2n) is 7.48. The standard InChI is InChI=1S/C18H24N8O2/c1-8-28-17(27)11-14(18(5,6)7)21-23-15(11)22-20-13-12(9(2)3)25-26-10(4)19-24-16(13)26/h24H,2,8H2,1,3-7H3,(H,21,23). The number of allylic oxidation sites excluding steroid dienone is 1. The molecule has 0 aliphatic heterocycles. The molecular weight excluding hydrogens is 360 g/mol. The minimum atomic E-state index is -0.493. The van der Waals surface area contributed by atoms with Gasteiger partial charge in [0.15, 0.2) is 17.2 Å². The van der Waals surface area contributed by atoms with Gasteiger partial charge >= 0.3 is 5.97 Å². The number of carbonyl (C=O) groups is 1. The Bertz CT molecular complexity index is 1080. The molecule has 0 aliphatic carbocycles. The average molecular weight is 384 g/mol. The number of H-pyrrole nitrogens is 2. The summed E-state index contributed by atoms with van der Waals surface area (Å²) >= 11 is 0. The van der Waals surface area contributed by atoms with Gasteiger partial charge in [0.1, 0.15) is 17.1 Å². The number of hydrogen-bond donors (Lipinski definition) is 2. The van der Waals surface area contributed by atoms with E-state index in [-0.39, 0.29) is 23.4 Å². The summed E-state index contributed by atoms with van der Waals surface area (Å²) in [6, 6.07) is 0. The van der Waals surface area contributed by atoms with Crippen LogP contribution in [0.2, 0.25) is 0 Å². The normalized spacial score (nSPS) is 12.2. The molecule has 10 nitrogen and oxygen atoms in total. The first-order valence-electron chi connectivity index (χ1n) is 8.92. The maximum Gasteiger partial charge on any atom is 0.344 e. The topological polar surface area (TPSA) is 126 Å². The molecule has 10 heteroatoms. The van der Waals surface area contributed by atoms with Crippen LogP contribution in [0.15, 0.2) is 16.8 Å². The number of carbonyl (C=O) groups excluding carboxylic acids is 1. The van der Waals surface area contributed by atoms with E-state index in [0.717, 1.165) is 5.57 Å². The molecule has 148 valence electrons. The number of aryl methyl sites for hydroxylation is 1. The third-order valence-electron chi connectivity index (χ3n) is 4.08. The van der Waals surface area contributed by atoms with E-state index in [2.05, 4.69) is 42.3 Å². The molecule has 28 heavy (non-hydrogen) atoms. The van der Waals surface area contributed by atoms with Crippen molar-refractivity contribution in [1.82, 2.24) is 30.0 Å². The maximum atomic E-state index is 12.5. The van der Waals surface area contributed by atoms with Crippen LogP contribution in [0.25, 0.3) is 11.2 Å². The molecule has 3 aromatic heterocycles. The van der Waals surface area contributed by atoms with Crippen LogP contribution in [0.3, 0.4) is 0 Å². The number of ether oxygens (including phenoxy) is 1. The van der Waals surface area contributed by atoms with Crippen molar-refractivity contribution in [3.63, 3.8) is 0 Å². The Morgan fingerprint density at radius 3 is 2.57 bits per heavy atom. The molecule has 0 unspecified atom stereocenters. The van der Waals surface area contributed by atoms with E-state index in [1.807, 2.05) is 34.6 Å². The van der Waals surface area contributed by atoms with Crippen molar-refractivity contribution < 1.29 is 9.53 Å². The fourth-order valence-electron chi connectivity index (χ4n) is 2.75. The van der Waals surface area contributed by atoms with Crippen LogP contribution in [0, 0.1) is 6.92 Å². The second kappa shape index (κ2) is 7.02. The summed E-state index contributed by atoms with van der Waals surface area (Å²) < 4.78 is 6.83. The fourth-order valence-corrected chi connectivity index (χ4v) is 2.75. The van der Waals surface area contributed by atoms with Gasteiger partial charge in [-0.05, 0) is 26.3 Å². The SMILES string of the molecule is C=C(C)c1nn2c(C)n[nH]c2c1N=Nc1[nH]nc(C(C)(C)C)c1C(=O)OCC. The maximum absolute atomic E-state index is 12.5. The van der Waals surface area contributed by atoms with Crippen LogP contribution >= 0.6 is 0 Å². The third kappa shape index (κ3) is 3.32. The fraction of sp³-hybridized carbons (Fsp3) is 0.444. The first kappa shape index (κ1) is 19.5. The highest BCUT2D eigenvalue weighted by Gasteiger charge is 2.30. The van der Waals surface area contributed by atoms with Gasteiger partial charge in [0.2, 0.25) is 0 Å². The number of esters is 1. The quantitative estimate of drug-likeness (QED) is 0.508. The van der Waals surface area contributed by atoms with Crippen molar-refractivity contribution in [2.75, 3.05) is 6.61 Å². The van der Waals surface area contributed by atoms with Gasteiger partial charge in [-0.15, -0.1) is 10.2 Å². The van der Waals surface area contributed by atoms with Gasteiger partial charge in [-0.2, -0.15) is 19.8 Å². The van der Waals surface area contributed by atoms with Crippen molar-refractivity contribution in [3.8, 4) is 0 Å². The zero-order chi connectivity index (χ0) is 20.6. The van der Waals surface area contributed by atoms with Gasteiger partial charge < -0.3 is 4.74 Å². The summed E-state index contributed by atoms with van der Waals surface area (Å²) in [5.41, 5.74) is 2.87. The van der Waals surface area contributed by atoms with E-state index < -0.39 is 5.97 Å². The van der Waals surface area contributed by atoms with Crippen LogP contribution in [0.4, 0.5) is 11.5 Å². The molecule has 0 atom stereocenters.